The second-order valence-electron chi connectivity index (χ2n) is 8.53. The molecule has 1 saturated heterocycles. The minimum absolute atomic E-state index is 0.297. The third kappa shape index (κ3) is 4.34. The highest BCUT2D eigenvalue weighted by Crippen LogP contribution is 2.35. The molecule has 2 aromatic rings. The second-order valence-corrected chi connectivity index (χ2v) is 8.53. The smallest absolute Gasteiger partial charge is 0.325 e. The summed E-state index contributed by atoms with van der Waals surface area (Å²) in [5.41, 5.74) is 7.07. The molecule has 0 spiro atoms. The number of H-pyrrole nitrogens is 1. The van der Waals surface area contributed by atoms with E-state index < -0.39 is 47.7 Å². The van der Waals surface area contributed by atoms with Crippen LogP contribution < -0.4 is 11.1 Å². The number of fused-ring (bicyclic) bond motifs is 1. The van der Waals surface area contributed by atoms with Crippen LogP contribution in [0, 0.1) is 11.8 Å². The van der Waals surface area contributed by atoms with Gasteiger partial charge in [0.25, 0.3) is 0 Å². The van der Waals surface area contributed by atoms with Crippen molar-refractivity contribution in [3.63, 3.8) is 0 Å². The number of nitrogens with zero attached hydrogens (tertiary/aromatic N) is 1. The summed E-state index contributed by atoms with van der Waals surface area (Å²) in [6.07, 6.45) is 6.98. The van der Waals surface area contributed by atoms with E-state index in [1.807, 2.05) is 0 Å². The van der Waals surface area contributed by atoms with E-state index in [1.165, 1.54) is 0 Å². The SMILES string of the molecule is NC(=O)[C@@H]1CCCN1[C@H](C(=O)O)c1c[nH]c2ccc(NC(=O)[C@@H]3CC=CC[C@H]3C(=O)O)cc12. The number of aromatic nitrogens is 1. The van der Waals surface area contributed by atoms with Crippen LogP contribution in [-0.4, -0.2) is 56.4 Å². The molecule has 1 fully saturated rings. The third-order valence-corrected chi connectivity index (χ3v) is 6.55. The zero-order valence-electron chi connectivity index (χ0n) is 17.9. The minimum atomic E-state index is -1.10. The van der Waals surface area contributed by atoms with Crippen LogP contribution >= 0.6 is 0 Å². The number of amides is 2. The van der Waals surface area contributed by atoms with Crippen LogP contribution in [0.4, 0.5) is 5.69 Å². The van der Waals surface area contributed by atoms with Gasteiger partial charge in [0.15, 0.2) is 0 Å². The Morgan fingerprint density at radius 1 is 1.12 bits per heavy atom. The summed E-state index contributed by atoms with van der Waals surface area (Å²) in [5.74, 6) is -4.55. The summed E-state index contributed by atoms with van der Waals surface area (Å²) in [7, 11) is 0. The van der Waals surface area contributed by atoms with E-state index in [1.54, 1.807) is 41.4 Å². The van der Waals surface area contributed by atoms with Crippen LogP contribution in [0.25, 0.3) is 10.9 Å². The zero-order chi connectivity index (χ0) is 23.7. The van der Waals surface area contributed by atoms with Gasteiger partial charge in [-0.15, -0.1) is 0 Å². The fraction of sp³-hybridized carbons (Fsp3) is 0.391. The van der Waals surface area contributed by atoms with Gasteiger partial charge in [0.2, 0.25) is 11.8 Å². The Hall–Kier alpha value is -3.66. The van der Waals surface area contributed by atoms with E-state index in [9.17, 15) is 29.4 Å². The molecule has 2 aliphatic rings. The Morgan fingerprint density at radius 2 is 1.85 bits per heavy atom. The number of carboxylic acids is 2. The molecule has 10 nitrogen and oxygen atoms in total. The first-order valence-corrected chi connectivity index (χ1v) is 10.9. The van der Waals surface area contributed by atoms with Gasteiger partial charge in [-0.2, -0.15) is 0 Å². The summed E-state index contributed by atoms with van der Waals surface area (Å²) in [5, 5.41) is 22.8. The summed E-state index contributed by atoms with van der Waals surface area (Å²) < 4.78 is 0. The second kappa shape index (κ2) is 9.07. The summed E-state index contributed by atoms with van der Waals surface area (Å²) >= 11 is 0. The number of likely N-dealkylation sites (tertiary alicyclic amines) is 1. The van der Waals surface area contributed by atoms with Crippen LogP contribution in [0.15, 0.2) is 36.5 Å². The van der Waals surface area contributed by atoms with Crippen molar-refractivity contribution < 1.29 is 29.4 Å². The largest absolute Gasteiger partial charge is 0.481 e. The van der Waals surface area contributed by atoms with Gasteiger partial charge in [0.1, 0.15) is 6.04 Å². The molecular weight excluding hydrogens is 428 g/mol. The maximum Gasteiger partial charge on any atom is 0.325 e. The first-order chi connectivity index (χ1) is 15.8. The molecule has 33 heavy (non-hydrogen) atoms. The molecule has 0 saturated carbocycles. The average molecular weight is 454 g/mol. The number of aliphatic carboxylic acids is 2. The van der Waals surface area contributed by atoms with Crippen molar-refractivity contribution in [1.82, 2.24) is 9.88 Å². The highest BCUT2D eigenvalue weighted by molar-refractivity contribution is 5.98. The number of carboxylic acid groups (broad SMARTS) is 2. The van der Waals surface area contributed by atoms with Crippen molar-refractivity contribution in [3.8, 4) is 0 Å². The Balaban J connectivity index is 1.64. The number of carbonyl (C=O) groups excluding carboxylic acids is 2. The number of anilines is 1. The lowest BCUT2D eigenvalue weighted by Crippen LogP contribution is -2.44. The molecule has 2 heterocycles. The van der Waals surface area contributed by atoms with Gasteiger partial charge in [0, 0.05) is 34.9 Å². The van der Waals surface area contributed by atoms with E-state index in [4.69, 9.17) is 5.73 Å². The number of primary amides is 1. The maximum absolute atomic E-state index is 12.8. The van der Waals surface area contributed by atoms with Crippen molar-refractivity contribution in [2.45, 2.75) is 37.8 Å². The highest BCUT2D eigenvalue weighted by Gasteiger charge is 2.40. The molecule has 4 atom stereocenters. The number of nitrogens with one attached hydrogen (secondary N) is 2. The fourth-order valence-electron chi connectivity index (χ4n) is 4.92. The fourth-order valence-corrected chi connectivity index (χ4v) is 4.92. The quantitative estimate of drug-likeness (QED) is 0.398. The summed E-state index contributed by atoms with van der Waals surface area (Å²) in [6.45, 7) is 0.430. The van der Waals surface area contributed by atoms with Crippen LogP contribution in [0.2, 0.25) is 0 Å². The van der Waals surface area contributed by atoms with Gasteiger partial charge < -0.3 is 26.2 Å². The van der Waals surface area contributed by atoms with E-state index in [-0.39, 0.29) is 0 Å². The number of carbonyl (C=O) groups is 4. The lowest BCUT2D eigenvalue weighted by molar-refractivity contribution is -0.146. The van der Waals surface area contributed by atoms with E-state index in [0.717, 1.165) is 0 Å². The molecule has 0 radical (unpaired) electrons. The molecule has 1 aromatic heterocycles. The van der Waals surface area contributed by atoms with Crippen molar-refractivity contribution in [2.75, 3.05) is 11.9 Å². The number of rotatable bonds is 7. The van der Waals surface area contributed by atoms with E-state index in [2.05, 4.69) is 10.3 Å². The molecule has 0 unspecified atom stereocenters. The molecule has 10 heteroatoms. The van der Waals surface area contributed by atoms with Crippen LogP contribution in [0.1, 0.15) is 37.3 Å². The molecule has 0 bridgehead atoms. The first-order valence-electron chi connectivity index (χ1n) is 10.9. The Bertz CT molecular complexity index is 1140. The number of hydrogen-bond acceptors (Lipinski definition) is 5. The number of nitrogens with two attached hydrogens (primary N) is 1. The molecular formula is C23H26N4O6. The molecule has 174 valence electrons. The lowest BCUT2D eigenvalue weighted by Gasteiger charge is -2.28. The van der Waals surface area contributed by atoms with Gasteiger partial charge in [-0.25, -0.2) is 0 Å². The molecule has 1 aliphatic heterocycles. The van der Waals surface area contributed by atoms with Crippen LogP contribution in [0.5, 0.6) is 0 Å². The van der Waals surface area contributed by atoms with Crippen molar-refractivity contribution in [3.05, 3.63) is 42.1 Å². The Kier molecular flexibility index (Phi) is 6.19. The Morgan fingerprint density at radius 3 is 2.52 bits per heavy atom. The summed E-state index contributed by atoms with van der Waals surface area (Å²) in [6, 6.07) is 3.32. The van der Waals surface area contributed by atoms with Gasteiger partial charge in [-0.3, -0.25) is 24.1 Å². The van der Waals surface area contributed by atoms with Gasteiger partial charge in [-0.05, 0) is 43.9 Å². The monoisotopic (exact) mass is 454 g/mol. The van der Waals surface area contributed by atoms with Crippen molar-refractivity contribution in [1.29, 1.82) is 0 Å². The number of allylic oxidation sites excluding steroid dienone is 2. The lowest BCUT2D eigenvalue weighted by atomic mass is 9.82. The minimum Gasteiger partial charge on any atom is -0.481 e. The standard InChI is InChI=1S/C23H26N4O6/c24-20(28)18-6-3-9-27(18)19(23(32)33)16-11-25-17-8-7-12(10-15(16)17)26-21(29)13-4-1-2-5-14(13)22(30)31/h1-2,7-8,10-11,13-14,18-19,25H,3-6,9H2,(H2,24,28)(H,26,29)(H,30,31)(H,32,33)/t13-,14-,18+,19+/m1/s1. The Labute approximate surface area is 189 Å². The van der Waals surface area contributed by atoms with Crippen LogP contribution in [-0.2, 0) is 19.2 Å². The molecule has 2 amide bonds. The normalized spacial score (nSPS) is 23.9. The number of aromatic amines is 1. The molecule has 4 rings (SSSR count). The van der Waals surface area contributed by atoms with Gasteiger partial charge in [0.05, 0.1) is 17.9 Å². The molecule has 6 N–H and O–H groups in total. The maximum atomic E-state index is 12.8. The molecule has 1 aliphatic carbocycles. The predicted molar refractivity (Wildman–Crippen MR) is 119 cm³/mol. The predicted octanol–water partition coefficient (Wildman–Crippen LogP) is 1.85. The first kappa shape index (κ1) is 22.5. The third-order valence-electron chi connectivity index (χ3n) is 6.55. The van der Waals surface area contributed by atoms with Gasteiger partial charge >= 0.3 is 11.9 Å². The highest BCUT2D eigenvalue weighted by atomic mass is 16.4. The van der Waals surface area contributed by atoms with E-state index in [0.29, 0.717) is 54.4 Å². The average Bonchev–Trinajstić information content (AvgIpc) is 3.42. The van der Waals surface area contributed by atoms with Crippen molar-refractivity contribution in [2.24, 2.45) is 17.6 Å². The number of hydrogen-bond donors (Lipinski definition) is 5. The topological polar surface area (TPSA) is 166 Å². The summed E-state index contributed by atoms with van der Waals surface area (Å²) in [4.78, 5) is 53.1. The van der Waals surface area contributed by atoms with Crippen LogP contribution in [0.3, 0.4) is 0 Å². The zero-order valence-corrected chi connectivity index (χ0v) is 17.9. The molecule has 1 aromatic carbocycles. The number of benzene rings is 1. The van der Waals surface area contributed by atoms with Gasteiger partial charge in [-0.1, -0.05) is 12.2 Å². The van der Waals surface area contributed by atoms with Crippen molar-refractivity contribution >= 4 is 40.3 Å². The van der Waals surface area contributed by atoms with E-state index >= 15 is 0 Å².